The molecule has 1 aromatic carbocycles. The molecule has 0 aliphatic carbocycles. The third-order valence-electron chi connectivity index (χ3n) is 2.75. The third kappa shape index (κ3) is 6.41. The van der Waals surface area contributed by atoms with Crippen LogP contribution in [0, 0.1) is 5.92 Å². The van der Waals surface area contributed by atoms with Crippen LogP contribution in [0.25, 0.3) is 0 Å². The molecule has 7 nitrogen and oxygen atoms in total. The number of carbonyl (C=O) groups excluding carboxylic acids is 2. The van der Waals surface area contributed by atoms with Crippen molar-refractivity contribution >= 4 is 29.9 Å². The monoisotopic (exact) mass is 339 g/mol. The summed E-state index contributed by atoms with van der Waals surface area (Å²) in [6.07, 6.45) is 0.177. The minimum absolute atomic E-state index is 0.0263. The molecule has 124 valence electrons. The lowest BCUT2D eigenvalue weighted by atomic mass is 9.96. The molecule has 2 radical (unpaired) electrons. The molecule has 0 amide bonds. The molecule has 9 heteroatoms. The van der Waals surface area contributed by atoms with E-state index < -0.39 is 40.3 Å². The van der Waals surface area contributed by atoms with Crippen LogP contribution in [-0.4, -0.2) is 45.1 Å². The van der Waals surface area contributed by atoms with Crippen molar-refractivity contribution in [2.45, 2.75) is 20.2 Å². The maximum absolute atomic E-state index is 12.0. The first-order valence-corrected chi connectivity index (χ1v) is 8.37. The highest BCUT2D eigenvalue weighted by Gasteiger charge is 2.19. The van der Waals surface area contributed by atoms with E-state index in [-0.39, 0.29) is 17.6 Å². The normalized spacial score (nSPS) is 11.3. The van der Waals surface area contributed by atoms with Crippen molar-refractivity contribution in [2.75, 3.05) is 12.4 Å². The lowest BCUT2D eigenvalue weighted by Gasteiger charge is -2.13. The average molecular weight is 339 g/mol. The summed E-state index contributed by atoms with van der Waals surface area (Å²) in [5.74, 6) is -2.72. The Hall–Kier alpha value is -1.87. The first-order valence-electron chi connectivity index (χ1n) is 6.79. The van der Waals surface area contributed by atoms with Crippen molar-refractivity contribution in [2.24, 2.45) is 5.92 Å². The van der Waals surface area contributed by atoms with E-state index in [1.807, 2.05) is 0 Å². The van der Waals surface area contributed by atoms with Crippen LogP contribution in [-0.2, 0) is 26.0 Å². The second-order valence-electron chi connectivity index (χ2n) is 5.01. The fourth-order valence-corrected chi connectivity index (χ4v) is 1.77. The van der Waals surface area contributed by atoms with Crippen LogP contribution in [0.3, 0.4) is 0 Å². The van der Waals surface area contributed by atoms with E-state index in [9.17, 15) is 22.6 Å². The Bertz CT molecular complexity index is 682. The Morgan fingerprint density at radius 1 is 1.30 bits per heavy atom. The van der Waals surface area contributed by atoms with Gasteiger partial charge in [0.05, 0.1) is 29.6 Å². The van der Waals surface area contributed by atoms with E-state index in [2.05, 4.69) is 0 Å². The summed E-state index contributed by atoms with van der Waals surface area (Å²) in [5.41, 5.74) is 0.578. The van der Waals surface area contributed by atoms with Crippen LogP contribution in [0.5, 0.6) is 5.75 Å². The fourth-order valence-electron chi connectivity index (χ4n) is 1.49. The van der Waals surface area contributed by atoms with Crippen molar-refractivity contribution in [1.29, 1.82) is 0 Å². The Morgan fingerprint density at radius 2 is 1.96 bits per heavy atom. The number of ether oxygens (including phenoxy) is 2. The quantitative estimate of drug-likeness (QED) is 0.310. The molecule has 1 aromatic rings. The summed E-state index contributed by atoms with van der Waals surface area (Å²) in [6, 6.07) is 4.34. The van der Waals surface area contributed by atoms with Crippen LogP contribution in [0.1, 0.15) is 29.8 Å². The summed E-state index contributed by atoms with van der Waals surface area (Å²) in [7, 11) is 1.02. The third-order valence-corrected chi connectivity index (χ3v) is 3.42. The molecular weight excluding hydrogens is 323 g/mol. The number of carbonyl (C=O) groups is 2. The maximum atomic E-state index is 12.0. The lowest BCUT2D eigenvalue weighted by molar-refractivity contribution is -0.137. The van der Waals surface area contributed by atoms with Crippen LogP contribution in [0.4, 0.5) is 0 Å². The lowest BCUT2D eigenvalue weighted by Crippen LogP contribution is -2.19. The van der Waals surface area contributed by atoms with Gasteiger partial charge in [0.1, 0.15) is 17.9 Å². The molecule has 0 unspecified atom stereocenters. The smallest absolute Gasteiger partial charge is 0.341 e. The van der Waals surface area contributed by atoms with Gasteiger partial charge in [0.15, 0.2) is 0 Å². The van der Waals surface area contributed by atoms with E-state index in [1.165, 1.54) is 12.1 Å². The van der Waals surface area contributed by atoms with Gasteiger partial charge in [0.25, 0.3) is 0 Å². The van der Waals surface area contributed by atoms with Gasteiger partial charge in [-0.3, -0.25) is 4.79 Å². The number of rotatable bonds is 7. The minimum atomic E-state index is -4.48. The van der Waals surface area contributed by atoms with Crippen molar-refractivity contribution in [3.8, 4) is 5.75 Å². The summed E-state index contributed by atoms with van der Waals surface area (Å²) in [6.45, 7) is 2.68. The van der Waals surface area contributed by atoms with Crippen molar-refractivity contribution in [3.05, 3.63) is 29.3 Å². The molecule has 0 spiro atoms. The number of benzene rings is 1. The van der Waals surface area contributed by atoms with Crippen molar-refractivity contribution in [1.82, 2.24) is 0 Å². The molecule has 0 aromatic heterocycles. The summed E-state index contributed by atoms with van der Waals surface area (Å²) in [4.78, 5) is 23.7. The van der Waals surface area contributed by atoms with Crippen LogP contribution in [0.15, 0.2) is 18.2 Å². The van der Waals surface area contributed by atoms with Crippen LogP contribution < -0.4 is 4.74 Å². The molecule has 0 fully saturated rings. The zero-order valence-electron chi connectivity index (χ0n) is 12.8. The minimum Gasteiger partial charge on any atom is -0.748 e. The molecule has 0 heterocycles. The second-order valence-corrected chi connectivity index (χ2v) is 6.53. The zero-order chi connectivity index (χ0) is 17.6. The Morgan fingerprint density at radius 3 is 2.48 bits per heavy atom. The fraction of sp³-hybridized carbons (Fsp3) is 0.429. The van der Waals surface area contributed by atoms with Gasteiger partial charge in [-0.25, -0.2) is 13.2 Å². The topological polar surface area (TPSA) is 110 Å². The predicted molar refractivity (Wildman–Crippen MR) is 81.2 cm³/mol. The highest BCUT2D eigenvalue weighted by molar-refractivity contribution is 7.85. The van der Waals surface area contributed by atoms with Gasteiger partial charge >= 0.3 is 11.9 Å². The van der Waals surface area contributed by atoms with Gasteiger partial charge in [-0.15, -0.1) is 0 Å². The molecule has 0 aliphatic heterocycles. The molecule has 0 atom stereocenters. The predicted octanol–water partition coefficient (Wildman–Crippen LogP) is 0.619. The largest absolute Gasteiger partial charge is 0.748 e. The zero-order valence-corrected chi connectivity index (χ0v) is 13.6. The SMILES string of the molecule is [B]Cc1ccc(C(=O)OCCS(=O)(=O)[O-])c(OC(=O)C(C)C)c1. The Labute approximate surface area is 136 Å². The van der Waals surface area contributed by atoms with Gasteiger partial charge in [-0.2, -0.15) is 0 Å². The highest BCUT2D eigenvalue weighted by Crippen LogP contribution is 2.23. The number of hydrogen-bond donors (Lipinski definition) is 0. The van der Waals surface area contributed by atoms with Crippen LogP contribution in [0.2, 0.25) is 0 Å². The molecule has 0 N–H and O–H groups in total. The molecule has 0 bridgehead atoms. The Balaban J connectivity index is 2.95. The van der Waals surface area contributed by atoms with E-state index in [0.717, 1.165) is 0 Å². The van der Waals surface area contributed by atoms with Crippen LogP contribution >= 0.6 is 0 Å². The summed E-state index contributed by atoms with van der Waals surface area (Å²) >= 11 is 0. The van der Waals surface area contributed by atoms with Gasteiger partial charge in [-0.1, -0.05) is 31.8 Å². The highest BCUT2D eigenvalue weighted by atomic mass is 32.2. The standard InChI is InChI=1S/C14H17BO7S/c1-9(2)13(16)22-12-7-10(8-15)3-4-11(12)14(17)21-5-6-23(18,19)20/h3-4,7,9H,5-6,8H2,1-2H3,(H,18,19,20)/p-1. The molecule has 0 saturated heterocycles. The maximum Gasteiger partial charge on any atom is 0.341 e. The molecule has 0 aliphatic rings. The summed E-state index contributed by atoms with van der Waals surface area (Å²) < 4.78 is 41.3. The summed E-state index contributed by atoms with van der Waals surface area (Å²) in [5, 5.41) is 0. The van der Waals surface area contributed by atoms with E-state index in [4.69, 9.17) is 17.3 Å². The second kappa shape index (κ2) is 8.12. The van der Waals surface area contributed by atoms with Gasteiger partial charge in [0.2, 0.25) is 0 Å². The molecular formula is C14H16BO7S-. The van der Waals surface area contributed by atoms with Gasteiger partial charge in [0, 0.05) is 0 Å². The number of hydrogen-bond acceptors (Lipinski definition) is 7. The van der Waals surface area contributed by atoms with Crippen molar-refractivity contribution < 1.29 is 32.0 Å². The van der Waals surface area contributed by atoms with Gasteiger partial charge < -0.3 is 14.0 Å². The Kier molecular flexibility index (Phi) is 6.77. The first-order chi connectivity index (χ1) is 10.6. The van der Waals surface area contributed by atoms with Crippen molar-refractivity contribution in [3.63, 3.8) is 0 Å². The van der Waals surface area contributed by atoms with E-state index in [0.29, 0.717) is 5.56 Å². The molecule has 1 rings (SSSR count). The molecule has 0 saturated carbocycles. The van der Waals surface area contributed by atoms with E-state index >= 15 is 0 Å². The number of esters is 2. The average Bonchev–Trinajstić information content (AvgIpc) is 2.45. The van der Waals surface area contributed by atoms with E-state index in [1.54, 1.807) is 19.9 Å². The first kappa shape index (κ1) is 19.2. The molecule has 23 heavy (non-hydrogen) atoms. The van der Waals surface area contributed by atoms with Gasteiger partial charge in [-0.05, 0) is 12.1 Å².